The molecule has 0 bridgehead atoms. The van der Waals surface area contributed by atoms with Crippen molar-refractivity contribution in [1.29, 1.82) is 0 Å². The van der Waals surface area contributed by atoms with E-state index in [4.69, 9.17) is 19.7 Å². The quantitative estimate of drug-likeness (QED) is 0.284. The molecule has 178 valence electrons. The molecule has 2 aromatic rings. The number of aliphatic hydroxyl groups excluding tert-OH is 2. The molecule has 0 atom stereocenters. The summed E-state index contributed by atoms with van der Waals surface area (Å²) >= 11 is 0. The zero-order chi connectivity index (χ0) is 23.1. The van der Waals surface area contributed by atoms with E-state index in [1.165, 1.54) is 62.5 Å². The Morgan fingerprint density at radius 3 is 1.44 bits per heavy atom. The molecule has 0 aliphatic heterocycles. The molecule has 0 aromatic heterocycles. The highest BCUT2D eigenvalue weighted by molar-refractivity contribution is 5.42. The molecule has 0 saturated heterocycles. The van der Waals surface area contributed by atoms with Crippen molar-refractivity contribution < 1.29 is 19.7 Å². The zero-order valence-corrected chi connectivity index (χ0v) is 20.0. The van der Waals surface area contributed by atoms with Gasteiger partial charge in [-0.05, 0) is 41.8 Å². The third-order valence-electron chi connectivity index (χ3n) is 6.23. The number of unbranched alkanes of at least 4 members (excludes halogenated alkanes) is 7. The summed E-state index contributed by atoms with van der Waals surface area (Å²) in [6, 6.07) is 16.6. The highest BCUT2D eigenvalue weighted by Crippen LogP contribution is 2.38. The van der Waals surface area contributed by atoms with Gasteiger partial charge in [0.1, 0.15) is 24.7 Å². The monoisotopic (exact) mass is 442 g/mol. The maximum Gasteiger partial charge on any atom is 0.119 e. The van der Waals surface area contributed by atoms with Crippen LogP contribution in [0.5, 0.6) is 11.5 Å². The summed E-state index contributed by atoms with van der Waals surface area (Å²) in [6.45, 7) is 5.23. The molecule has 4 nitrogen and oxygen atoms in total. The van der Waals surface area contributed by atoms with Crippen LogP contribution in [0.3, 0.4) is 0 Å². The largest absolute Gasteiger partial charge is 0.491 e. The van der Waals surface area contributed by atoms with Crippen molar-refractivity contribution in [1.82, 2.24) is 0 Å². The minimum Gasteiger partial charge on any atom is -0.491 e. The van der Waals surface area contributed by atoms with Gasteiger partial charge in [-0.15, -0.1) is 0 Å². The summed E-state index contributed by atoms with van der Waals surface area (Å²) in [4.78, 5) is 0. The Hall–Kier alpha value is -2.04. The number of aliphatic hydroxyl groups is 2. The van der Waals surface area contributed by atoms with Crippen LogP contribution in [0.4, 0.5) is 0 Å². The van der Waals surface area contributed by atoms with Crippen LogP contribution in [-0.4, -0.2) is 36.6 Å². The average Bonchev–Trinajstić information content (AvgIpc) is 2.83. The van der Waals surface area contributed by atoms with Gasteiger partial charge in [-0.3, -0.25) is 0 Å². The molecule has 0 amide bonds. The predicted molar refractivity (Wildman–Crippen MR) is 132 cm³/mol. The highest BCUT2D eigenvalue weighted by Gasteiger charge is 2.28. The lowest BCUT2D eigenvalue weighted by Crippen LogP contribution is -2.23. The van der Waals surface area contributed by atoms with E-state index in [0.29, 0.717) is 13.2 Å². The summed E-state index contributed by atoms with van der Waals surface area (Å²) < 4.78 is 11.1. The number of benzene rings is 2. The topological polar surface area (TPSA) is 58.9 Å². The van der Waals surface area contributed by atoms with Gasteiger partial charge in [0.2, 0.25) is 0 Å². The summed E-state index contributed by atoms with van der Waals surface area (Å²) in [5.74, 6) is 1.56. The maximum atomic E-state index is 8.99. The molecule has 2 rings (SSSR count). The van der Waals surface area contributed by atoms with Crippen molar-refractivity contribution in [2.24, 2.45) is 0 Å². The maximum absolute atomic E-state index is 8.99. The second kappa shape index (κ2) is 14.9. The van der Waals surface area contributed by atoms with E-state index < -0.39 is 0 Å². The Morgan fingerprint density at radius 2 is 1.03 bits per heavy atom. The fourth-order valence-corrected chi connectivity index (χ4v) is 4.23. The Kier molecular flexibility index (Phi) is 12.2. The Labute approximate surface area is 194 Å². The molecular formula is C28H42O4. The minimum absolute atomic E-state index is 0.0165. The lowest BCUT2D eigenvalue weighted by Gasteiger charge is -2.31. The average molecular weight is 443 g/mol. The predicted octanol–water partition coefficient (Wildman–Crippen LogP) is 6.27. The summed E-state index contributed by atoms with van der Waals surface area (Å²) in [6.07, 6.45) is 11.5. The molecule has 4 heteroatoms. The summed E-state index contributed by atoms with van der Waals surface area (Å²) in [7, 11) is 0. The van der Waals surface area contributed by atoms with Crippen molar-refractivity contribution in [3.05, 3.63) is 59.7 Å². The fraction of sp³-hybridized carbons (Fsp3) is 0.571. The van der Waals surface area contributed by atoms with Crippen LogP contribution in [0, 0.1) is 0 Å². The Morgan fingerprint density at radius 1 is 0.625 bits per heavy atom. The molecule has 2 N–H and O–H groups in total. The standard InChI is InChI=1S/C28H42O4/c1-3-4-5-6-7-8-9-10-19-28(2,24-11-15-26(16-12-24)31-22-20-29)25-13-17-27(18-14-25)32-23-21-30/h11-18,29-30H,3-10,19-23H2,1-2H3. The van der Waals surface area contributed by atoms with E-state index in [-0.39, 0.29) is 18.6 Å². The number of ether oxygens (including phenoxy) is 2. The second-order valence-corrected chi connectivity index (χ2v) is 8.75. The summed E-state index contributed by atoms with van der Waals surface area (Å²) in [5.41, 5.74) is 2.43. The first-order valence-corrected chi connectivity index (χ1v) is 12.3. The van der Waals surface area contributed by atoms with Gasteiger partial charge in [-0.2, -0.15) is 0 Å². The van der Waals surface area contributed by atoms with Crippen LogP contribution in [-0.2, 0) is 5.41 Å². The molecule has 0 spiro atoms. The smallest absolute Gasteiger partial charge is 0.119 e. The molecule has 0 radical (unpaired) electrons. The molecule has 0 saturated carbocycles. The molecule has 0 heterocycles. The van der Waals surface area contributed by atoms with E-state index in [0.717, 1.165) is 17.9 Å². The zero-order valence-electron chi connectivity index (χ0n) is 20.0. The normalized spacial score (nSPS) is 11.5. The molecule has 2 aromatic carbocycles. The van der Waals surface area contributed by atoms with Crippen molar-refractivity contribution in [3.63, 3.8) is 0 Å². The van der Waals surface area contributed by atoms with Gasteiger partial charge >= 0.3 is 0 Å². The molecular weight excluding hydrogens is 400 g/mol. The van der Waals surface area contributed by atoms with Crippen molar-refractivity contribution in [2.45, 2.75) is 77.0 Å². The van der Waals surface area contributed by atoms with Gasteiger partial charge in [0.25, 0.3) is 0 Å². The van der Waals surface area contributed by atoms with Crippen molar-refractivity contribution in [3.8, 4) is 11.5 Å². The molecule has 32 heavy (non-hydrogen) atoms. The molecule has 0 unspecified atom stereocenters. The first-order valence-electron chi connectivity index (χ1n) is 12.3. The number of rotatable bonds is 17. The van der Waals surface area contributed by atoms with Crippen molar-refractivity contribution in [2.75, 3.05) is 26.4 Å². The Bertz CT molecular complexity index is 673. The van der Waals surface area contributed by atoms with Crippen LogP contribution < -0.4 is 9.47 Å². The van der Waals surface area contributed by atoms with Gasteiger partial charge in [0, 0.05) is 5.41 Å². The van der Waals surface area contributed by atoms with Crippen LogP contribution in [0.1, 0.15) is 82.8 Å². The van der Waals surface area contributed by atoms with Gasteiger partial charge in [0.15, 0.2) is 0 Å². The van der Waals surface area contributed by atoms with E-state index in [2.05, 4.69) is 38.1 Å². The first kappa shape index (κ1) is 26.2. The third-order valence-corrected chi connectivity index (χ3v) is 6.23. The highest BCUT2D eigenvalue weighted by atomic mass is 16.5. The van der Waals surface area contributed by atoms with Crippen molar-refractivity contribution >= 4 is 0 Å². The lowest BCUT2D eigenvalue weighted by atomic mass is 9.72. The lowest BCUT2D eigenvalue weighted by molar-refractivity contribution is 0.201. The van der Waals surface area contributed by atoms with Crippen LogP contribution >= 0.6 is 0 Å². The van der Waals surface area contributed by atoms with Gasteiger partial charge in [-0.25, -0.2) is 0 Å². The molecule has 0 fully saturated rings. The minimum atomic E-state index is -0.104. The van der Waals surface area contributed by atoms with Gasteiger partial charge < -0.3 is 19.7 Å². The van der Waals surface area contributed by atoms with E-state index in [9.17, 15) is 0 Å². The molecule has 0 aliphatic rings. The number of hydrogen-bond donors (Lipinski definition) is 2. The van der Waals surface area contributed by atoms with Crippen LogP contribution in [0.25, 0.3) is 0 Å². The third kappa shape index (κ3) is 8.48. The summed E-state index contributed by atoms with van der Waals surface area (Å²) in [5, 5.41) is 18.0. The number of hydrogen-bond acceptors (Lipinski definition) is 4. The first-order chi connectivity index (χ1) is 15.6. The van der Waals surface area contributed by atoms with Crippen LogP contribution in [0.2, 0.25) is 0 Å². The van der Waals surface area contributed by atoms with Gasteiger partial charge in [-0.1, -0.05) is 89.5 Å². The molecule has 0 aliphatic carbocycles. The van der Waals surface area contributed by atoms with Crippen LogP contribution in [0.15, 0.2) is 48.5 Å². The SMILES string of the molecule is CCCCCCCCCCC(C)(c1ccc(OCCO)cc1)c1ccc(OCCO)cc1. The van der Waals surface area contributed by atoms with E-state index in [1.54, 1.807) is 0 Å². The Balaban J connectivity index is 2.08. The van der Waals surface area contributed by atoms with Gasteiger partial charge in [0.05, 0.1) is 13.2 Å². The van der Waals surface area contributed by atoms with E-state index in [1.807, 2.05) is 24.3 Å². The fourth-order valence-electron chi connectivity index (χ4n) is 4.23. The van der Waals surface area contributed by atoms with E-state index >= 15 is 0 Å². The second-order valence-electron chi connectivity index (χ2n) is 8.75.